The zero-order chi connectivity index (χ0) is 20.5. The molecule has 2 aromatic heterocycles. The number of halogens is 1. The predicted octanol–water partition coefficient (Wildman–Crippen LogP) is 2.98. The number of hydrogen-bond acceptors (Lipinski definition) is 5. The van der Waals surface area contributed by atoms with E-state index in [2.05, 4.69) is 20.3 Å². The van der Waals surface area contributed by atoms with Gasteiger partial charge in [0.25, 0.3) is 5.91 Å². The van der Waals surface area contributed by atoms with Gasteiger partial charge in [-0.2, -0.15) is 5.10 Å². The molecule has 2 aliphatic rings. The summed E-state index contributed by atoms with van der Waals surface area (Å²) in [5.74, 6) is -0.0900. The second-order valence-corrected chi connectivity index (χ2v) is 7.47. The van der Waals surface area contributed by atoms with Crippen LogP contribution in [0.15, 0.2) is 42.6 Å². The van der Waals surface area contributed by atoms with Gasteiger partial charge in [0.1, 0.15) is 11.6 Å². The lowest BCUT2D eigenvalue weighted by Gasteiger charge is -2.28. The molecule has 7 nitrogen and oxygen atoms in total. The molecule has 0 radical (unpaired) electrons. The predicted molar refractivity (Wildman–Crippen MR) is 111 cm³/mol. The molecule has 3 heterocycles. The van der Waals surface area contributed by atoms with Gasteiger partial charge in [-0.15, -0.1) is 0 Å². The molecule has 1 aliphatic heterocycles. The van der Waals surface area contributed by atoms with Gasteiger partial charge in [-0.1, -0.05) is 0 Å². The molecule has 1 fully saturated rings. The first-order valence-electron chi connectivity index (χ1n) is 10.2. The van der Waals surface area contributed by atoms with Gasteiger partial charge in [-0.05, 0) is 55.7 Å². The van der Waals surface area contributed by atoms with Crippen molar-refractivity contribution >= 4 is 17.4 Å². The van der Waals surface area contributed by atoms with Gasteiger partial charge in [0.05, 0.1) is 30.8 Å². The summed E-state index contributed by atoms with van der Waals surface area (Å²) in [6.45, 7) is 3.08. The molecule has 30 heavy (non-hydrogen) atoms. The van der Waals surface area contributed by atoms with Crippen molar-refractivity contribution < 1.29 is 13.9 Å². The lowest BCUT2D eigenvalue weighted by Crippen LogP contribution is -2.36. The molecule has 1 aliphatic carbocycles. The zero-order valence-corrected chi connectivity index (χ0v) is 16.5. The number of ether oxygens (including phenoxy) is 1. The molecular weight excluding hydrogens is 385 g/mol. The van der Waals surface area contributed by atoms with Crippen molar-refractivity contribution in [2.75, 3.05) is 36.5 Å². The van der Waals surface area contributed by atoms with E-state index in [1.165, 1.54) is 12.1 Å². The Balaban J connectivity index is 1.36. The Hall–Kier alpha value is -3.26. The molecule has 8 heteroatoms. The highest BCUT2D eigenvalue weighted by molar-refractivity contribution is 6.03. The van der Waals surface area contributed by atoms with E-state index in [0.29, 0.717) is 24.7 Å². The maximum Gasteiger partial charge on any atom is 0.277 e. The lowest BCUT2D eigenvalue weighted by molar-refractivity contribution is 0.102. The number of aromatic nitrogens is 3. The first-order chi connectivity index (χ1) is 14.7. The van der Waals surface area contributed by atoms with Crippen LogP contribution in [0.25, 0.3) is 5.69 Å². The third-order valence-electron chi connectivity index (χ3n) is 5.58. The van der Waals surface area contributed by atoms with Gasteiger partial charge >= 0.3 is 0 Å². The minimum absolute atomic E-state index is 0.277. The summed E-state index contributed by atoms with van der Waals surface area (Å²) in [5.41, 5.74) is 4.15. The molecule has 0 spiro atoms. The van der Waals surface area contributed by atoms with E-state index >= 15 is 0 Å². The number of amides is 1. The van der Waals surface area contributed by atoms with Gasteiger partial charge in [0.15, 0.2) is 5.69 Å². The number of benzene rings is 1. The average Bonchev–Trinajstić information content (AvgIpc) is 3.39. The van der Waals surface area contributed by atoms with Crippen LogP contribution < -0.4 is 10.2 Å². The summed E-state index contributed by atoms with van der Waals surface area (Å²) in [4.78, 5) is 19.5. The first kappa shape index (κ1) is 18.7. The molecule has 1 saturated heterocycles. The van der Waals surface area contributed by atoms with Gasteiger partial charge < -0.3 is 15.0 Å². The monoisotopic (exact) mass is 407 g/mol. The summed E-state index contributed by atoms with van der Waals surface area (Å²) in [5, 5.41) is 7.41. The third-order valence-corrected chi connectivity index (χ3v) is 5.58. The second-order valence-electron chi connectivity index (χ2n) is 7.47. The van der Waals surface area contributed by atoms with Crippen LogP contribution in [0, 0.1) is 5.82 Å². The van der Waals surface area contributed by atoms with Crippen molar-refractivity contribution in [1.82, 2.24) is 14.8 Å². The third kappa shape index (κ3) is 3.54. The summed E-state index contributed by atoms with van der Waals surface area (Å²) < 4.78 is 20.4. The van der Waals surface area contributed by atoms with Crippen LogP contribution in [0.4, 0.5) is 15.9 Å². The highest BCUT2D eigenvalue weighted by atomic mass is 19.1. The Morgan fingerprint density at radius 1 is 1.03 bits per heavy atom. The van der Waals surface area contributed by atoms with Crippen LogP contribution in [0.5, 0.6) is 0 Å². The topological polar surface area (TPSA) is 72.3 Å². The minimum atomic E-state index is -0.299. The maximum absolute atomic E-state index is 13.3. The highest BCUT2D eigenvalue weighted by Gasteiger charge is 2.27. The maximum atomic E-state index is 13.3. The van der Waals surface area contributed by atoms with Crippen LogP contribution in [-0.4, -0.2) is 47.0 Å². The van der Waals surface area contributed by atoms with Crippen molar-refractivity contribution in [2.45, 2.75) is 19.3 Å². The summed E-state index contributed by atoms with van der Waals surface area (Å²) >= 11 is 0. The Morgan fingerprint density at radius 2 is 1.80 bits per heavy atom. The number of nitrogens with zero attached hydrogens (tertiary/aromatic N) is 4. The van der Waals surface area contributed by atoms with Crippen LogP contribution in [0.2, 0.25) is 0 Å². The van der Waals surface area contributed by atoms with E-state index in [-0.39, 0.29) is 11.7 Å². The van der Waals surface area contributed by atoms with Crippen LogP contribution in [0.1, 0.15) is 28.2 Å². The number of hydrogen-bond donors (Lipinski definition) is 1. The Morgan fingerprint density at radius 3 is 2.53 bits per heavy atom. The van der Waals surface area contributed by atoms with E-state index < -0.39 is 0 Å². The number of pyridine rings is 1. The van der Waals surface area contributed by atoms with Crippen molar-refractivity contribution in [2.24, 2.45) is 0 Å². The number of nitrogens with one attached hydrogen (secondary N) is 1. The molecule has 154 valence electrons. The summed E-state index contributed by atoms with van der Waals surface area (Å²) in [6, 6.07) is 9.91. The van der Waals surface area contributed by atoms with Crippen molar-refractivity contribution in [1.29, 1.82) is 0 Å². The fourth-order valence-electron chi connectivity index (χ4n) is 4.06. The Kier molecular flexibility index (Phi) is 4.92. The van der Waals surface area contributed by atoms with Crippen molar-refractivity contribution in [3.63, 3.8) is 0 Å². The zero-order valence-electron chi connectivity index (χ0n) is 16.5. The smallest absolute Gasteiger partial charge is 0.277 e. The normalized spacial score (nSPS) is 15.8. The number of carbonyl (C=O) groups is 1. The first-order valence-corrected chi connectivity index (χ1v) is 10.2. The Labute approximate surface area is 173 Å². The number of fused-ring (bicyclic) bond motifs is 1. The highest BCUT2D eigenvalue weighted by Crippen LogP contribution is 2.28. The van der Waals surface area contributed by atoms with E-state index in [0.717, 1.165) is 55.0 Å². The number of morpholine rings is 1. The van der Waals surface area contributed by atoms with E-state index in [9.17, 15) is 9.18 Å². The van der Waals surface area contributed by atoms with Gasteiger partial charge in [0, 0.05) is 24.3 Å². The largest absolute Gasteiger partial charge is 0.378 e. The molecular formula is C22H22FN5O2. The number of rotatable bonds is 4. The van der Waals surface area contributed by atoms with Gasteiger partial charge in [0.2, 0.25) is 0 Å². The average molecular weight is 407 g/mol. The minimum Gasteiger partial charge on any atom is -0.378 e. The van der Waals surface area contributed by atoms with Gasteiger partial charge in [-0.3, -0.25) is 4.79 Å². The van der Waals surface area contributed by atoms with Crippen LogP contribution in [-0.2, 0) is 17.6 Å². The fourth-order valence-corrected chi connectivity index (χ4v) is 4.06. The Bertz CT molecular complexity index is 1060. The molecule has 0 unspecified atom stereocenters. The standard InChI is InChI=1S/C22H22FN5O2/c23-15-4-6-16(7-5-15)28-19-3-1-2-18(19)21(26-28)22(29)25-20-9-8-17(14-24-20)27-10-12-30-13-11-27/h4-9,14H,1-3,10-13H2,(H,24,25,29). The second kappa shape index (κ2) is 7.87. The number of anilines is 2. The number of carbonyl (C=O) groups excluding carboxylic acids is 1. The molecule has 0 bridgehead atoms. The fraction of sp³-hybridized carbons (Fsp3) is 0.318. The van der Waals surface area contributed by atoms with Crippen LogP contribution >= 0.6 is 0 Å². The SMILES string of the molecule is O=C(Nc1ccc(N2CCOCC2)cn1)c1nn(-c2ccc(F)cc2)c2c1CCC2. The molecule has 1 aromatic carbocycles. The van der Waals surface area contributed by atoms with E-state index in [1.54, 1.807) is 29.1 Å². The quantitative estimate of drug-likeness (QED) is 0.720. The summed E-state index contributed by atoms with van der Waals surface area (Å²) in [6.07, 6.45) is 4.39. The van der Waals surface area contributed by atoms with Gasteiger partial charge in [-0.25, -0.2) is 14.1 Å². The molecule has 1 N–H and O–H groups in total. The van der Waals surface area contributed by atoms with Crippen molar-refractivity contribution in [3.8, 4) is 5.69 Å². The molecule has 0 saturated carbocycles. The van der Waals surface area contributed by atoms with E-state index in [4.69, 9.17) is 4.74 Å². The molecule has 0 atom stereocenters. The molecule has 3 aromatic rings. The summed E-state index contributed by atoms with van der Waals surface area (Å²) in [7, 11) is 0. The van der Waals surface area contributed by atoms with E-state index in [1.807, 2.05) is 6.07 Å². The van der Waals surface area contributed by atoms with Crippen molar-refractivity contribution in [3.05, 3.63) is 65.4 Å². The van der Waals surface area contributed by atoms with Crippen LogP contribution in [0.3, 0.4) is 0 Å². The molecule has 1 amide bonds. The lowest BCUT2D eigenvalue weighted by atomic mass is 10.2. The molecule has 5 rings (SSSR count).